The number of hydrogen-bond donors (Lipinski definition) is 4. The van der Waals surface area contributed by atoms with E-state index in [0.29, 0.717) is 12.8 Å². The second kappa shape index (κ2) is 22.1. The molecule has 0 aliphatic carbocycles. The summed E-state index contributed by atoms with van der Waals surface area (Å²) in [5.74, 6) is -1.36. The Hall–Kier alpha value is -3.09. The average Bonchev–Trinajstić information content (AvgIpc) is 2.77. The van der Waals surface area contributed by atoms with Crippen molar-refractivity contribution < 1.29 is 19.5 Å². The molecule has 0 radical (unpaired) electrons. The second-order valence-corrected chi connectivity index (χ2v) is 7.49. The first-order chi connectivity index (χ1) is 16.0. The van der Waals surface area contributed by atoms with Crippen molar-refractivity contribution in [3.8, 4) is 0 Å². The van der Waals surface area contributed by atoms with Crippen molar-refractivity contribution in [2.24, 2.45) is 5.73 Å². The summed E-state index contributed by atoms with van der Waals surface area (Å²) < 4.78 is 0. The molecule has 0 aliphatic heterocycles. The Bertz CT molecular complexity index is 694. The van der Waals surface area contributed by atoms with Crippen LogP contribution in [-0.2, 0) is 9.59 Å². The number of rotatable bonds is 19. The highest BCUT2D eigenvalue weighted by molar-refractivity contribution is 5.83. The number of aliphatic carboxylic acids is 1. The molecule has 33 heavy (non-hydrogen) atoms. The number of carboxylic acids is 1. The molecule has 5 N–H and O–H groups in total. The van der Waals surface area contributed by atoms with Crippen molar-refractivity contribution in [2.75, 3.05) is 6.54 Å². The van der Waals surface area contributed by atoms with Gasteiger partial charge in [0.25, 0.3) is 0 Å². The van der Waals surface area contributed by atoms with Gasteiger partial charge in [-0.15, -0.1) is 0 Å². The molecule has 0 rings (SSSR count). The lowest BCUT2D eigenvalue weighted by Gasteiger charge is -2.14. The number of primary amides is 1. The van der Waals surface area contributed by atoms with E-state index < -0.39 is 18.0 Å². The lowest BCUT2D eigenvalue weighted by molar-refractivity contribution is -0.142. The van der Waals surface area contributed by atoms with Crippen LogP contribution in [0, 0.1) is 0 Å². The maximum Gasteiger partial charge on any atom is 0.326 e. The Balaban J connectivity index is 3.82. The van der Waals surface area contributed by atoms with E-state index >= 15 is 0 Å². The van der Waals surface area contributed by atoms with Gasteiger partial charge in [0.05, 0.1) is 0 Å². The van der Waals surface area contributed by atoms with E-state index in [0.717, 1.165) is 38.5 Å². The zero-order valence-electron chi connectivity index (χ0n) is 19.9. The van der Waals surface area contributed by atoms with Gasteiger partial charge in [0.2, 0.25) is 5.91 Å². The van der Waals surface area contributed by atoms with Crippen LogP contribution in [-0.4, -0.2) is 35.6 Å². The van der Waals surface area contributed by atoms with Gasteiger partial charge < -0.3 is 21.5 Å². The van der Waals surface area contributed by atoms with E-state index in [9.17, 15) is 19.5 Å². The summed E-state index contributed by atoms with van der Waals surface area (Å²) in [6, 6.07) is -1.61. The number of amides is 3. The minimum Gasteiger partial charge on any atom is -0.480 e. The number of nitrogens with one attached hydrogen (secondary N) is 2. The number of carbonyl (C=O) groups is 3. The van der Waals surface area contributed by atoms with E-state index in [1.54, 1.807) is 0 Å². The molecule has 1 atom stereocenters. The van der Waals surface area contributed by atoms with Crippen LogP contribution in [0.1, 0.15) is 71.1 Å². The van der Waals surface area contributed by atoms with Crippen LogP contribution in [0.15, 0.2) is 60.8 Å². The summed E-state index contributed by atoms with van der Waals surface area (Å²) in [6.07, 6.45) is 28.5. The Morgan fingerprint density at radius 1 is 0.818 bits per heavy atom. The van der Waals surface area contributed by atoms with E-state index in [2.05, 4.69) is 72.2 Å². The van der Waals surface area contributed by atoms with Gasteiger partial charge in [-0.1, -0.05) is 67.7 Å². The monoisotopic (exact) mass is 459 g/mol. The smallest absolute Gasteiger partial charge is 0.326 e. The Kier molecular flexibility index (Phi) is 20.0. The number of urea groups is 1. The van der Waals surface area contributed by atoms with Crippen LogP contribution >= 0.6 is 0 Å². The zero-order valence-corrected chi connectivity index (χ0v) is 19.9. The van der Waals surface area contributed by atoms with Gasteiger partial charge in [-0.2, -0.15) is 0 Å². The van der Waals surface area contributed by atoms with Crippen LogP contribution in [0.5, 0.6) is 0 Å². The first kappa shape index (κ1) is 29.9. The normalized spacial score (nSPS) is 13.0. The third-order valence-electron chi connectivity index (χ3n) is 4.53. The van der Waals surface area contributed by atoms with E-state index in [-0.39, 0.29) is 25.3 Å². The number of hydrogen-bond acceptors (Lipinski definition) is 3. The molecule has 184 valence electrons. The summed E-state index contributed by atoms with van der Waals surface area (Å²) >= 11 is 0. The minimum absolute atomic E-state index is 0.232. The third-order valence-corrected chi connectivity index (χ3v) is 4.53. The number of unbranched alkanes of at least 4 members (excludes halogenated alkanes) is 1. The van der Waals surface area contributed by atoms with Crippen LogP contribution in [0.2, 0.25) is 0 Å². The SMILES string of the molecule is CC/C=C\C/C=C\C/C=C\C/C=C\C/C=C\CCCC(=O)N[C@@H](CCCNC(N)=O)C(=O)O. The Labute approximate surface area is 198 Å². The molecule has 0 saturated carbocycles. The fourth-order valence-electron chi connectivity index (χ4n) is 2.79. The van der Waals surface area contributed by atoms with Gasteiger partial charge in [0.15, 0.2) is 0 Å². The van der Waals surface area contributed by atoms with Crippen molar-refractivity contribution in [1.82, 2.24) is 10.6 Å². The number of carboxylic acid groups (broad SMARTS) is 1. The molecule has 0 bridgehead atoms. The second-order valence-electron chi connectivity index (χ2n) is 7.49. The van der Waals surface area contributed by atoms with Gasteiger partial charge in [-0.05, 0) is 57.8 Å². The fourth-order valence-corrected chi connectivity index (χ4v) is 2.79. The lowest BCUT2D eigenvalue weighted by atomic mass is 10.1. The molecule has 0 heterocycles. The van der Waals surface area contributed by atoms with Gasteiger partial charge in [-0.25, -0.2) is 9.59 Å². The van der Waals surface area contributed by atoms with E-state index in [1.807, 2.05) is 6.08 Å². The van der Waals surface area contributed by atoms with Gasteiger partial charge >= 0.3 is 12.0 Å². The topological polar surface area (TPSA) is 122 Å². The van der Waals surface area contributed by atoms with Crippen molar-refractivity contribution >= 4 is 17.9 Å². The quantitative estimate of drug-likeness (QED) is 0.162. The number of nitrogens with two attached hydrogens (primary N) is 1. The summed E-state index contributed by atoms with van der Waals surface area (Å²) in [5.41, 5.74) is 4.95. The molecule has 7 heteroatoms. The fraction of sp³-hybridized carbons (Fsp3) is 0.500. The first-order valence-electron chi connectivity index (χ1n) is 11.8. The largest absolute Gasteiger partial charge is 0.480 e. The molecule has 0 fully saturated rings. The first-order valence-corrected chi connectivity index (χ1v) is 11.8. The summed E-state index contributed by atoms with van der Waals surface area (Å²) in [5, 5.41) is 14.1. The highest BCUT2D eigenvalue weighted by Gasteiger charge is 2.18. The molecule has 0 aromatic heterocycles. The molecular formula is C26H41N3O4. The standard InChI is InChI=1S/C26H41N3O4/c1-2-3-4-5-6-7-8-9-10-11-12-13-14-15-16-17-18-21-24(30)29-23(25(31)32)20-19-22-28-26(27)33/h3-4,6-7,9-10,12-13,15-16,23H,2,5,8,11,14,17-22H2,1H3,(H,29,30)(H,31,32)(H3,27,28,33)/b4-3-,7-6-,10-9-,13-12-,16-15-/t23-/m0/s1. The maximum atomic E-state index is 11.9. The lowest BCUT2D eigenvalue weighted by Crippen LogP contribution is -2.41. The predicted molar refractivity (Wildman–Crippen MR) is 135 cm³/mol. The van der Waals surface area contributed by atoms with Crippen LogP contribution in [0.25, 0.3) is 0 Å². The Morgan fingerprint density at radius 2 is 1.33 bits per heavy atom. The molecule has 0 aromatic rings. The van der Waals surface area contributed by atoms with Crippen molar-refractivity contribution in [2.45, 2.75) is 77.2 Å². The third kappa shape index (κ3) is 21.9. The molecule has 0 unspecified atom stereocenters. The summed E-state index contributed by atoms with van der Waals surface area (Å²) in [4.78, 5) is 33.8. The van der Waals surface area contributed by atoms with Gasteiger partial charge in [0, 0.05) is 13.0 Å². The highest BCUT2D eigenvalue weighted by atomic mass is 16.4. The van der Waals surface area contributed by atoms with E-state index in [1.165, 1.54) is 0 Å². The van der Waals surface area contributed by atoms with E-state index in [4.69, 9.17) is 5.73 Å². The van der Waals surface area contributed by atoms with Crippen LogP contribution in [0.3, 0.4) is 0 Å². The predicted octanol–water partition coefficient (Wildman–Crippen LogP) is 4.93. The zero-order chi connectivity index (χ0) is 24.6. The molecule has 0 spiro atoms. The number of carbonyl (C=O) groups excluding carboxylic acids is 2. The average molecular weight is 460 g/mol. The molecule has 0 aromatic carbocycles. The van der Waals surface area contributed by atoms with Crippen molar-refractivity contribution in [1.29, 1.82) is 0 Å². The molecule has 0 aliphatic rings. The van der Waals surface area contributed by atoms with Crippen molar-refractivity contribution in [3.05, 3.63) is 60.8 Å². The molecule has 0 saturated heterocycles. The van der Waals surface area contributed by atoms with Crippen molar-refractivity contribution in [3.63, 3.8) is 0 Å². The highest BCUT2D eigenvalue weighted by Crippen LogP contribution is 2.02. The molecular weight excluding hydrogens is 418 g/mol. The summed E-state index contributed by atoms with van der Waals surface area (Å²) in [7, 11) is 0. The van der Waals surface area contributed by atoms with Gasteiger partial charge in [0.1, 0.15) is 6.04 Å². The summed E-state index contributed by atoms with van der Waals surface area (Å²) in [6.45, 7) is 2.41. The number of allylic oxidation sites excluding steroid dienone is 10. The van der Waals surface area contributed by atoms with Gasteiger partial charge in [-0.3, -0.25) is 4.79 Å². The van der Waals surface area contributed by atoms with Crippen LogP contribution < -0.4 is 16.4 Å². The maximum absolute atomic E-state index is 11.9. The Morgan fingerprint density at radius 3 is 1.82 bits per heavy atom. The molecule has 3 amide bonds. The molecule has 7 nitrogen and oxygen atoms in total. The van der Waals surface area contributed by atoms with Crippen LogP contribution in [0.4, 0.5) is 4.79 Å². The minimum atomic E-state index is -1.08.